The Morgan fingerprint density at radius 1 is 1.29 bits per heavy atom. The summed E-state index contributed by atoms with van der Waals surface area (Å²) in [5.41, 5.74) is 0.435. The molecule has 0 bridgehead atoms. The largest absolute Gasteiger partial charge is 0.318 e. The smallest absolute Gasteiger partial charge is 0.296 e. The third kappa shape index (κ3) is 1.94. The molecule has 1 aromatic carbocycles. The summed E-state index contributed by atoms with van der Waals surface area (Å²) in [5.74, 6) is -1.45. The lowest BCUT2D eigenvalue weighted by Crippen LogP contribution is -2.23. The van der Waals surface area contributed by atoms with E-state index in [1.807, 2.05) is 0 Å². The van der Waals surface area contributed by atoms with Crippen LogP contribution in [0.25, 0.3) is 0 Å². The lowest BCUT2D eigenvalue weighted by atomic mass is 10.1. The van der Waals surface area contributed by atoms with Gasteiger partial charge in [0, 0.05) is 6.54 Å². The minimum atomic E-state index is -3.61. The van der Waals surface area contributed by atoms with Crippen molar-refractivity contribution < 1.29 is 18.0 Å². The summed E-state index contributed by atoms with van der Waals surface area (Å²) >= 11 is 0. The molecule has 1 aliphatic heterocycles. The molecule has 0 aliphatic carbocycles. The monoisotopic (exact) mass is 254 g/mol. The third-order valence-electron chi connectivity index (χ3n) is 2.33. The molecule has 2 rings (SSSR count). The quantitative estimate of drug-likeness (QED) is 0.749. The molecule has 0 aromatic heterocycles. The Labute approximate surface area is 98.1 Å². The molecule has 0 atom stereocenters. The number of fused-ring (bicyclic) bond motifs is 1. The van der Waals surface area contributed by atoms with Gasteiger partial charge in [-0.25, -0.2) is 13.1 Å². The van der Waals surface area contributed by atoms with E-state index in [0.717, 1.165) is 0 Å². The second-order valence-corrected chi connectivity index (χ2v) is 5.26. The number of carbonyl (C=O) groups excluding carboxylic acids is 2. The van der Waals surface area contributed by atoms with Crippen molar-refractivity contribution >= 4 is 27.4 Å². The first kappa shape index (κ1) is 11.7. The molecule has 2 N–H and O–H groups in total. The number of hydrogen-bond donors (Lipinski definition) is 2. The van der Waals surface area contributed by atoms with E-state index in [1.54, 1.807) is 6.92 Å². The number of Topliss-reactive ketones (excluding diaryl/α,β-unsaturated/α-hetero) is 1. The van der Waals surface area contributed by atoms with E-state index >= 15 is 0 Å². The van der Waals surface area contributed by atoms with E-state index in [1.165, 1.54) is 18.2 Å². The van der Waals surface area contributed by atoms with E-state index in [4.69, 9.17) is 0 Å². The number of benzene rings is 1. The fourth-order valence-electron chi connectivity index (χ4n) is 1.56. The van der Waals surface area contributed by atoms with Gasteiger partial charge in [-0.15, -0.1) is 0 Å². The lowest BCUT2D eigenvalue weighted by molar-refractivity contribution is -0.112. The summed E-state index contributed by atoms with van der Waals surface area (Å²) in [6.45, 7) is 1.91. The maximum absolute atomic E-state index is 11.7. The summed E-state index contributed by atoms with van der Waals surface area (Å²) in [5, 5.41) is 2.35. The van der Waals surface area contributed by atoms with Gasteiger partial charge in [-0.2, -0.15) is 0 Å². The second kappa shape index (κ2) is 3.94. The maximum atomic E-state index is 11.7. The van der Waals surface area contributed by atoms with Gasteiger partial charge in [0.1, 0.15) is 0 Å². The van der Waals surface area contributed by atoms with Crippen LogP contribution in [0, 0.1) is 0 Å². The standard InChI is InChI=1S/C10H10N2O4S/c1-2-11-17(15,16)6-3-4-8-7(5-6)9(13)10(14)12-8/h3-5,11H,2H2,1H3,(H,12,13,14). The summed E-state index contributed by atoms with van der Waals surface area (Å²) < 4.78 is 25.7. The van der Waals surface area contributed by atoms with Gasteiger partial charge >= 0.3 is 0 Å². The topological polar surface area (TPSA) is 92.3 Å². The number of anilines is 1. The molecule has 90 valence electrons. The molecule has 1 heterocycles. The summed E-state index contributed by atoms with van der Waals surface area (Å²) in [7, 11) is -3.61. The van der Waals surface area contributed by atoms with E-state index < -0.39 is 21.7 Å². The average molecular weight is 254 g/mol. The predicted molar refractivity (Wildman–Crippen MR) is 60.3 cm³/mol. The minimum absolute atomic E-state index is 0.0250. The van der Waals surface area contributed by atoms with Gasteiger partial charge in [0.15, 0.2) is 0 Å². The zero-order chi connectivity index (χ0) is 12.6. The molecule has 0 saturated heterocycles. The lowest BCUT2D eigenvalue weighted by Gasteiger charge is -2.05. The number of amides is 1. The van der Waals surface area contributed by atoms with Gasteiger partial charge in [0.05, 0.1) is 16.1 Å². The van der Waals surface area contributed by atoms with Gasteiger partial charge in [-0.05, 0) is 18.2 Å². The highest BCUT2D eigenvalue weighted by molar-refractivity contribution is 7.89. The van der Waals surface area contributed by atoms with Crippen LogP contribution in [-0.2, 0) is 14.8 Å². The molecule has 7 heteroatoms. The fourth-order valence-corrected chi connectivity index (χ4v) is 2.63. The van der Waals surface area contributed by atoms with Crippen LogP contribution >= 0.6 is 0 Å². The van der Waals surface area contributed by atoms with Crippen molar-refractivity contribution in [2.75, 3.05) is 11.9 Å². The van der Waals surface area contributed by atoms with Crippen LogP contribution in [0.15, 0.2) is 23.1 Å². The Balaban J connectivity index is 2.49. The molecule has 0 radical (unpaired) electrons. The maximum Gasteiger partial charge on any atom is 0.296 e. The van der Waals surface area contributed by atoms with Gasteiger partial charge in [-0.3, -0.25) is 9.59 Å². The molecule has 0 fully saturated rings. The van der Waals surface area contributed by atoms with Crippen LogP contribution in [0.1, 0.15) is 17.3 Å². The Kier molecular flexibility index (Phi) is 2.72. The SMILES string of the molecule is CCNS(=O)(=O)c1ccc2c(c1)C(=O)C(=O)N2. The zero-order valence-electron chi connectivity index (χ0n) is 8.98. The van der Waals surface area contributed by atoms with Crippen molar-refractivity contribution in [2.45, 2.75) is 11.8 Å². The van der Waals surface area contributed by atoms with Crippen LogP contribution in [-0.4, -0.2) is 26.7 Å². The Morgan fingerprint density at radius 2 is 2.00 bits per heavy atom. The Bertz CT molecular complexity index is 607. The molecular formula is C10H10N2O4S. The molecule has 0 unspecified atom stereocenters. The Hall–Kier alpha value is -1.73. The molecular weight excluding hydrogens is 244 g/mol. The molecule has 0 spiro atoms. The highest BCUT2D eigenvalue weighted by atomic mass is 32.2. The van der Waals surface area contributed by atoms with Crippen molar-refractivity contribution in [3.05, 3.63) is 23.8 Å². The van der Waals surface area contributed by atoms with Crippen LogP contribution in [0.5, 0.6) is 0 Å². The summed E-state index contributed by atoms with van der Waals surface area (Å²) in [6.07, 6.45) is 0. The van der Waals surface area contributed by atoms with Crippen molar-refractivity contribution in [3.63, 3.8) is 0 Å². The van der Waals surface area contributed by atoms with Gasteiger partial charge in [0.2, 0.25) is 10.0 Å². The molecule has 6 nitrogen and oxygen atoms in total. The Morgan fingerprint density at radius 3 is 2.65 bits per heavy atom. The van der Waals surface area contributed by atoms with Gasteiger partial charge in [0.25, 0.3) is 11.7 Å². The summed E-state index contributed by atoms with van der Waals surface area (Å²) in [4.78, 5) is 22.5. The predicted octanol–water partition coefficient (Wildman–Crippen LogP) is 0.120. The molecule has 1 aliphatic rings. The summed E-state index contributed by atoms with van der Waals surface area (Å²) in [6, 6.07) is 3.95. The van der Waals surface area contributed by atoms with Crippen LogP contribution in [0.3, 0.4) is 0 Å². The van der Waals surface area contributed by atoms with Crippen molar-refractivity contribution in [2.24, 2.45) is 0 Å². The van der Waals surface area contributed by atoms with Crippen molar-refractivity contribution in [3.8, 4) is 0 Å². The first-order chi connectivity index (χ1) is 7.95. The van der Waals surface area contributed by atoms with Crippen molar-refractivity contribution in [1.29, 1.82) is 0 Å². The van der Waals surface area contributed by atoms with Gasteiger partial charge < -0.3 is 5.32 Å². The van der Waals surface area contributed by atoms with E-state index in [9.17, 15) is 18.0 Å². The number of hydrogen-bond acceptors (Lipinski definition) is 4. The second-order valence-electron chi connectivity index (χ2n) is 3.49. The minimum Gasteiger partial charge on any atom is -0.318 e. The normalized spacial score (nSPS) is 14.6. The number of nitrogens with one attached hydrogen (secondary N) is 2. The average Bonchev–Trinajstić information content (AvgIpc) is 2.54. The number of ketones is 1. The molecule has 1 aromatic rings. The van der Waals surface area contributed by atoms with Crippen LogP contribution in [0.2, 0.25) is 0 Å². The molecule has 0 saturated carbocycles. The number of sulfonamides is 1. The number of carbonyl (C=O) groups is 2. The third-order valence-corrected chi connectivity index (χ3v) is 3.88. The molecule has 17 heavy (non-hydrogen) atoms. The fraction of sp³-hybridized carbons (Fsp3) is 0.200. The zero-order valence-corrected chi connectivity index (χ0v) is 9.80. The highest BCUT2D eigenvalue weighted by Crippen LogP contribution is 2.25. The number of rotatable bonds is 3. The molecule has 1 amide bonds. The van der Waals surface area contributed by atoms with Crippen LogP contribution < -0.4 is 10.0 Å². The van der Waals surface area contributed by atoms with Gasteiger partial charge in [-0.1, -0.05) is 6.92 Å². The van der Waals surface area contributed by atoms with Crippen LogP contribution in [0.4, 0.5) is 5.69 Å². The highest BCUT2D eigenvalue weighted by Gasteiger charge is 2.29. The van der Waals surface area contributed by atoms with E-state index in [2.05, 4.69) is 10.0 Å². The first-order valence-corrected chi connectivity index (χ1v) is 6.43. The first-order valence-electron chi connectivity index (χ1n) is 4.95. The van der Waals surface area contributed by atoms with E-state index in [-0.39, 0.29) is 17.0 Å². The van der Waals surface area contributed by atoms with Crippen molar-refractivity contribution in [1.82, 2.24) is 4.72 Å². The van der Waals surface area contributed by atoms with E-state index in [0.29, 0.717) is 5.69 Å².